The third kappa shape index (κ3) is 2.58. The van der Waals surface area contributed by atoms with Gasteiger partial charge in [0.05, 0.1) is 19.3 Å². The maximum atomic E-state index is 5.56. The molecule has 1 aliphatic carbocycles. The van der Waals surface area contributed by atoms with Gasteiger partial charge in [-0.15, -0.1) is 5.10 Å². The van der Waals surface area contributed by atoms with Gasteiger partial charge in [0.15, 0.2) is 0 Å². The lowest BCUT2D eigenvalue weighted by atomic mass is 9.89. The summed E-state index contributed by atoms with van der Waals surface area (Å²) in [6.07, 6.45) is 11.5. The zero-order valence-electron chi connectivity index (χ0n) is 15.0. The zero-order chi connectivity index (χ0) is 18.4. The number of fused-ring (bicyclic) bond motifs is 2. The van der Waals surface area contributed by atoms with E-state index in [2.05, 4.69) is 25.4 Å². The molecule has 0 unspecified atom stereocenters. The van der Waals surface area contributed by atoms with Crippen LogP contribution < -0.4 is 10.1 Å². The summed E-state index contributed by atoms with van der Waals surface area (Å²) in [6.45, 7) is 0. The van der Waals surface area contributed by atoms with Crippen molar-refractivity contribution in [2.45, 2.75) is 25.0 Å². The summed E-state index contributed by atoms with van der Waals surface area (Å²) in [6, 6.07) is 2.21. The number of hydrogen-bond acceptors (Lipinski definition) is 7. The van der Waals surface area contributed by atoms with Gasteiger partial charge >= 0.3 is 0 Å². The molecule has 0 bridgehead atoms. The summed E-state index contributed by atoms with van der Waals surface area (Å²) in [5.41, 5.74) is 2.67. The molecule has 2 atom stereocenters. The molecule has 1 saturated carbocycles. The lowest BCUT2D eigenvalue weighted by Gasteiger charge is -2.35. The Balaban J connectivity index is 1.56. The average molecular weight is 365 g/mol. The quantitative estimate of drug-likeness (QED) is 0.579. The Morgan fingerprint density at radius 3 is 2.89 bits per heavy atom. The molecule has 0 aromatic carbocycles. The minimum absolute atomic E-state index is 0.198. The Morgan fingerprint density at radius 1 is 1.19 bits per heavy atom. The van der Waals surface area contributed by atoms with E-state index in [0.717, 1.165) is 29.5 Å². The Hall–Kier alpha value is -3.20. The third-order valence-corrected chi connectivity index (χ3v) is 5.06. The maximum absolute atomic E-state index is 5.56. The van der Waals surface area contributed by atoms with Gasteiger partial charge in [-0.2, -0.15) is 4.98 Å². The van der Waals surface area contributed by atoms with Crippen LogP contribution in [0.3, 0.4) is 0 Å². The highest BCUT2D eigenvalue weighted by Gasteiger charge is 2.31. The number of imidazole rings is 1. The highest BCUT2D eigenvalue weighted by atomic mass is 16.5. The molecule has 0 amide bonds. The summed E-state index contributed by atoms with van der Waals surface area (Å²) in [5.74, 6) is 1.69. The summed E-state index contributed by atoms with van der Waals surface area (Å²) >= 11 is 0. The van der Waals surface area contributed by atoms with Gasteiger partial charge in [0.25, 0.3) is 0 Å². The fraction of sp³-hybridized carbons (Fsp3) is 0.333. The summed E-state index contributed by atoms with van der Waals surface area (Å²) in [4.78, 5) is 13.1. The molecule has 4 heterocycles. The average Bonchev–Trinajstić information content (AvgIpc) is 3.31. The van der Waals surface area contributed by atoms with Gasteiger partial charge in [-0.3, -0.25) is 4.40 Å². The van der Waals surface area contributed by atoms with E-state index in [0.29, 0.717) is 17.6 Å². The first-order valence-corrected chi connectivity index (χ1v) is 8.78. The lowest BCUT2D eigenvalue weighted by molar-refractivity contribution is 0.0283. The Kier molecular flexibility index (Phi) is 3.68. The smallest absolute Gasteiger partial charge is 0.244 e. The van der Waals surface area contributed by atoms with Crippen molar-refractivity contribution in [2.24, 2.45) is 0 Å². The molecular weight excluding hydrogens is 346 g/mol. The van der Waals surface area contributed by atoms with Crippen LogP contribution in [-0.4, -0.2) is 55.3 Å². The van der Waals surface area contributed by atoms with Crippen molar-refractivity contribution in [1.82, 2.24) is 29.0 Å². The number of anilines is 1. The van der Waals surface area contributed by atoms with Crippen LogP contribution in [0, 0.1) is 0 Å². The number of aromatic nitrogens is 6. The molecule has 138 valence electrons. The Labute approximate surface area is 155 Å². The SMILES string of the molecule is COc1nc(N[C@@H]2CC[C@H]2OC)nn2ccc(-c3cnc4nccn4c3)c12. The second-order valence-corrected chi connectivity index (χ2v) is 6.55. The highest BCUT2D eigenvalue weighted by Crippen LogP contribution is 2.32. The number of hydrogen-bond donors (Lipinski definition) is 1. The maximum Gasteiger partial charge on any atom is 0.244 e. The highest BCUT2D eigenvalue weighted by molar-refractivity contribution is 5.84. The minimum atomic E-state index is 0.198. The van der Waals surface area contributed by atoms with Gasteiger partial charge in [0.2, 0.25) is 17.6 Å². The van der Waals surface area contributed by atoms with E-state index >= 15 is 0 Å². The number of nitrogens with zero attached hydrogens (tertiary/aromatic N) is 6. The fourth-order valence-corrected chi connectivity index (χ4v) is 3.47. The molecule has 0 saturated heterocycles. The van der Waals surface area contributed by atoms with E-state index in [9.17, 15) is 0 Å². The molecule has 27 heavy (non-hydrogen) atoms. The summed E-state index contributed by atoms with van der Waals surface area (Å²) in [7, 11) is 3.34. The van der Waals surface area contributed by atoms with Crippen molar-refractivity contribution in [3.63, 3.8) is 0 Å². The van der Waals surface area contributed by atoms with Crippen molar-refractivity contribution >= 4 is 17.2 Å². The topological polar surface area (TPSA) is 90.9 Å². The second kappa shape index (κ2) is 6.20. The summed E-state index contributed by atoms with van der Waals surface area (Å²) < 4.78 is 14.7. The van der Waals surface area contributed by atoms with Crippen LogP contribution in [-0.2, 0) is 4.74 Å². The molecule has 1 fully saturated rings. The Morgan fingerprint density at radius 2 is 2.11 bits per heavy atom. The Bertz CT molecular complexity index is 1120. The molecule has 0 spiro atoms. The number of ether oxygens (including phenoxy) is 2. The predicted molar refractivity (Wildman–Crippen MR) is 99.0 cm³/mol. The van der Waals surface area contributed by atoms with Crippen LogP contribution in [0.5, 0.6) is 5.88 Å². The molecule has 1 aliphatic rings. The van der Waals surface area contributed by atoms with Gasteiger partial charge in [0.1, 0.15) is 5.52 Å². The molecule has 9 heteroatoms. The predicted octanol–water partition coefficient (Wildman–Crippen LogP) is 2.04. The number of methoxy groups -OCH3 is 2. The van der Waals surface area contributed by atoms with Crippen LogP contribution in [0.25, 0.3) is 22.4 Å². The molecule has 4 aromatic rings. The first-order chi connectivity index (χ1) is 13.3. The van der Waals surface area contributed by atoms with Crippen LogP contribution in [0.15, 0.2) is 37.1 Å². The standard InChI is InChI=1S/C18H19N7O2/c1-26-14-4-3-13(14)21-17-22-16(27-2)15-12(5-7-25(15)23-17)11-9-20-18-19-6-8-24(18)10-11/h5-10,13-14H,3-4H2,1-2H3,(H,21,23)/t13-,14-/m1/s1. The van der Waals surface area contributed by atoms with Gasteiger partial charge < -0.3 is 14.8 Å². The van der Waals surface area contributed by atoms with Gasteiger partial charge in [-0.1, -0.05) is 0 Å². The van der Waals surface area contributed by atoms with Crippen molar-refractivity contribution in [1.29, 1.82) is 0 Å². The van der Waals surface area contributed by atoms with E-state index in [1.807, 2.05) is 29.1 Å². The molecule has 9 nitrogen and oxygen atoms in total. The minimum Gasteiger partial charge on any atom is -0.479 e. The van der Waals surface area contributed by atoms with Gasteiger partial charge in [0, 0.05) is 49.2 Å². The zero-order valence-corrected chi connectivity index (χ0v) is 15.0. The van der Waals surface area contributed by atoms with Crippen molar-refractivity contribution in [2.75, 3.05) is 19.5 Å². The van der Waals surface area contributed by atoms with E-state index in [-0.39, 0.29) is 12.1 Å². The largest absolute Gasteiger partial charge is 0.479 e. The molecule has 5 rings (SSSR count). The number of rotatable bonds is 5. The normalized spacial score (nSPS) is 19.3. The van der Waals surface area contributed by atoms with Crippen molar-refractivity contribution < 1.29 is 9.47 Å². The van der Waals surface area contributed by atoms with Crippen LogP contribution in [0.1, 0.15) is 12.8 Å². The summed E-state index contributed by atoms with van der Waals surface area (Å²) in [5, 5.41) is 7.94. The van der Waals surface area contributed by atoms with Crippen LogP contribution in [0.2, 0.25) is 0 Å². The monoisotopic (exact) mass is 365 g/mol. The van der Waals surface area contributed by atoms with Crippen molar-refractivity contribution in [3.8, 4) is 17.0 Å². The van der Waals surface area contributed by atoms with Crippen molar-refractivity contribution in [3.05, 3.63) is 37.1 Å². The lowest BCUT2D eigenvalue weighted by Crippen LogP contribution is -2.44. The van der Waals surface area contributed by atoms with E-state index < -0.39 is 0 Å². The van der Waals surface area contributed by atoms with Gasteiger partial charge in [-0.25, -0.2) is 14.5 Å². The van der Waals surface area contributed by atoms with Gasteiger partial charge in [-0.05, 0) is 18.9 Å². The van der Waals surface area contributed by atoms with E-state index in [4.69, 9.17) is 9.47 Å². The van der Waals surface area contributed by atoms with Crippen LogP contribution >= 0.6 is 0 Å². The molecule has 0 aliphatic heterocycles. The second-order valence-electron chi connectivity index (χ2n) is 6.55. The first kappa shape index (κ1) is 16.0. The third-order valence-electron chi connectivity index (χ3n) is 5.06. The van der Waals surface area contributed by atoms with E-state index in [1.54, 1.807) is 31.1 Å². The molecular formula is C18H19N7O2. The molecule has 0 radical (unpaired) electrons. The van der Waals surface area contributed by atoms with Crippen LogP contribution in [0.4, 0.5) is 5.95 Å². The van der Waals surface area contributed by atoms with E-state index in [1.165, 1.54) is 0 Å². The first-order valence-electron chi connectivity index (χ1n) is 8.78. The fourth-order valence-electron chi connectivity index (χ4n) is 3.47. The molecule has 4 aromatic heterocycles. The molecule has 1 N–H and O–H groups in total. The number of nitrogens with one attached hydrogen (secondary N) is 1.